The maximum Gasteiger partial charge on any atom is 0.233 e. The van der Waals surface area contributed by atoms with E-state index in [0.717, 1.165) is 18.4 Å². The van der Waals surface area contributed by atoms with Gasteiger partial charge in [0.1, 0.15) is 0 Å². The zero-order valence-electron chi connectivity index (χ0n) is 12.4. The van der Waals surface area contributed by atoms with Crippen molar-refractivity contribution in [1.29, 1.82) is 0 Å². The first kappa shape index (κ1) is 15.4. The molecule has 2 nitrogen and oxygen atoms in total. The average molecular weight is 291 g/mol. The van der Waals surface area contributed by atoms with E-state index in [0.29, 0.717) is 17.9 Å². The summed E-state index contributed by atoms with van der Waals surface area (Å²) >= 11 is 4.47. The highest BCUT2D eigenvalue weighted by atomic mass is 32.1. The van der Waals surface area contributed by atoms with Gasteiger partial charge in [0.2, 0.25) is 5.91 Å². The minimum Gasteiger partial charge on any atom is -0.352 e. The third kappa shape index (κ3) is 4.55. The summed E-state index contributed by atoms with van der Waals surface area (Å²) in [7, 11) is 0. The Hall–Kier alpha value is -0.960. The van der Waals surface area contributed by atoms with Gasteiger partial charge in [0, 0.05) is 6.04 Å². The fraction of sp³-hybridized carbons (Fsp3) is 0.588. The van der Waals surface area contributed by atoms with Crippen LogP contribution in [0.5, 0.6) is 0 Å². The molecular formula is C17H25NOS. The lowest BCUT2D eigenvalue weighted by Crippen LogP contribution is -2.44. The average Bonchev–Trinajstić information content (AvgIpc) is 2.38. The molecule has 1 aliphatic rings. The van der Waals surface area contributed by atoms with Gasteiger partial charge in [-0.2, -0.15) is 12.6 Å². The molecule has 20 heavy (non-hydrogen) atoms. The SMILES string of the molecule is CC1(C)CCCC(NC(=O)C(S)Cc2ccccc2)C1. The van der Waals surface area contributed by atoms with Gasteiger partial charge in [-0.05, 0) is 36.7 Å². The molecule has 1 N–H and O–H groups in total. The Balaban J connectivity index is 1.85. The molecule has 0 aromatic heterocycles. The molecule has 1 aromatic carbocycles. The Morgan fingerprint density at radius 2 is 2.10 bits per heavy atom. The molecule has 1 fully saturated rings. The van der Waals surface area contributed by atoms with Gasteiger partial charge in [-0.15, -0.1) is 0 Å². The van der Waals surface area contributed by atoms with Gasteiger partial charge in [-0.3, -0.25) is 4.79 Å². The summed E-state index contributed by atoms with van der Waals surface area (Å²) in [4.78, 5) is 12.2. The first-order valence-electron chi connectivity index (χ1n) is 7.49. The summed E-state index contributed by atoms with van der Waals surface area (Å²) in [6.45, 7) is 4.57. The second kappa shape index (κ2) is 6.66. The van der Waals surface area contributed by atoms with Crippen LogP contribution >= 0.6 is 12.6 Å². The van der Waals surface area contributed by atoms with E-state index in [2.05, 4.69) is 31.8 Å². The van der Waals surface area contributed by atoms with Crippen LogP contribution in [0.25, 0.3) is 0 Å². The molecule has 1 amide bonds. The Morgan fingerprint density at radius 1 is 1.40 bits per heavy atom. The van der Waals surface area contributed by atoms with E-state index in [4.69, 9.17) is 0 Å². The van der Waals surface area contributed by atoms with Crippen molar-refractivity contribution >= 4 is 18.5 Å². The van der Waals surface area contributed by atoms with Crippen LogP contribution in [0.4, 0.5) is 0 Å². The minimum absolute atomic E-state index is 0.0693. The second-order valence-corrected chi connectivity index (χ2v) is 7.29. The number of carbonyl (C=O) groups excluding carboxylic acids is 1. The predicted molar refractivity (Wildman–Crippen MR) is 87.1 cm³/mol. The highest BCUT2D eigenvalue weighted by molar-refractivity contribution is 7.81. The highest BCUT2D eigenvalue weighted by Gasteiger charge is 2.29. The van der Waals surface area contributed by atoms with Crippen LogP contribution < -0.4 is 5.32 Å². The molecule has 0 heterocycles. The van der Waals surface area contributed by atoms with Crippen molar-refractivity contribution in [2.24, 2.45) is 5.41 Å². The van der Waals surface area contributed by atoms with Gasteiger partial charge in [0.05, 0.1) is 5.25 Å². The van der Waals surface area contributed by atoms with Crippen molar-refractivity contribution in [1.82, 2.24) is 5.32 Å². The van der Waals surface area contributed by atoms with E-state index < -0.39 is 0 Å². The van der Waals surface area contributed by atoms with Gasteiger partial charge in [0.15, 0.2) is 0 Å². The number of amides is 1. The predicted octanol–water partition coefficient (Wildman–Crippen LogP) is 3.61. The van der Waals surface area contributed by atoms with Crippen molar-refractivity contribution in [3.8, 4) is 0 Å². The molecule has 1 aliphatic carbocycles. The Bertz CT molecular complexity index is 444. The smallest absolute Gasteiger partial charge is 0.233 e. The molecule has 1 saturated carbocycles. The van der Waals surface area contributed by atoms with Crippen molar-refractivity contribution < 1.29 is 4.79 Å². The first-order chi connectivity index (χ1) is 9.46. The zero-order chi connectivity index (χ0) is 14.6. The van der Waals surface area contributed by atoms with E-state index in [-0.39, 0.29) is 11.2 Å². The largest absolute Gasteiger partial charge is 0.352 e. The van der Waals surface area contributed by atoms with E-state index in [1.807, 2.05) is 30.3 Å². The molecule has 0 aliphatic heterocycles. The maximum absolute atomic E-state index is 12.2. The minimum atomic E-state index is -0.262. The molecular weight excluding hydrogens is 266 g/mol. The van der Waals surface area contributed by atoms with Gasteiger partial charge in [-0.1, -0.05) is 50.6 Å². The van der Waals surface area contributed by atoms with Crippen LogP contribution in [0.1, 0.15) is 45.1 Å². The molecule has 0 bridgehead atoms. The van der Waals surface area contributed by atoms with Gasteiger partial charge in [-0.25, -0.2) is 0 Å². The van der Waals surface area contributed by atoms with Crippen LogP contribution in [0.2, 0.25) is 0 Å². The second-order valence-electron chi connectivity index (χ2n) is 6.67. The number of hydrogen-bond acceptors (Lipinski definition) is 2. The number of carbonyl (C=O) groups is 1. The quantitative estimate of drug-likeness (QED) is 0.815. The monoisotopic (exact) mass is 291 g/mol. The molecule has 2 unspecified atom stereocenters. The Morgan fingerprint density at radius 3 is 2.75 bits per heavy atom. The fourth-order valence-corrected chi connectivity index (χ4v) is 3.33. The first-order valence-corrected chi connectivity index (χ1v) is 8.00. The molecule has 2 rings (SSSR count). The lowest BCUT2D eigenvalue weighted by molar-refractivity contribution is -0.121. The lowest BCUT2D eigenvalue weighted by atomic mass is 9.75. The zero-order valence-corrected chi connectivity index (χ0v) is 13.3. The van der Waals surface area contributed by atoms with Crippen molar-refractivity contribution in [3.05, 3.63) is 35.9 Å². The third-order valence-corrected chi connectivity index (χ3v) is 4.54. The Labute approximate surface area is 127 Å². The molecule has 1 aromatic rings. The molecule has 2 atom stereocenters. The summed E-state index contributed by atoms with van der Waals surface area (Å²) in [5, 5.41) is 2.92. The van der Waals surface area contributed by atoms with E-state index in [1.54, 1.807) is 0 Å². The van der Waals surface area contributed by atoms with Crippen LogP contribution in [0.3, 0.4) is 0 Å². The number of rotatable bonds is 4. The van der Waals surface area contributed by atoms with Crippen LogP contribution in [0, 0.1) is 5.41 Å². The van der Waals surface area contributed by atoms with Gasteiger partial charge < -0.3 is 5.32 Å². The summed E-state index contributed by atoms with van der Waals surface area (Å²) < 4.78 is 0. The van der Waals surface area contributed by atoms with Crippen LogP contribution in [0.15, 0.2) is 30.3 Å². The number of benzene rings is 1. The molecule has 0 saturated heterocycles. The van der Waals surface area contributed by atoms with Crippen LogP contribution in [-0.4, -0.2) is 17.2 Å². The normalized spacial score (nSPS) is 23.1. The van der Waals surface area contributed by atoms with Crippen LogP contribution in [-0.2, 0) is 11.2 Å². The highest BCUT2D eigenvalue weighted by Crippen LogP contribution is 2.35. The van der Waals surface area contributed by atoms with Crippen molar-refractivity contribution in [3.63, 3.8) is 0 Å². The van der Waals surface area contributed by atoms with Crippen molar-refractivity contribution in [2.75, 3.05) is 0 Å². The summed E-state index contributed by atoms with van der Waals surface area (Å²) in [5.74, 6) is 0.0693. The number of nitrogens with one attached hydrogen (secondary N) is 1. The standard InChI is InChI=1S/C17H25NOS/c1-17(2)10-6-9-14(12-17)18-16(19)15(20)11-13-7-4-3-5-8-13/h3-5,7-8,14-15,20H,6,9-12H2,1-2H3,(H,18,19). The number of hydrogen-bond donors (Lipinski definition) is 2. The molecule has 110 valence electrons. The van der Waals surface area contributed by atoms with Gasteiger partial charge >= 0.3 is 0 Å². The maximum atomic E-state index is 12.2. The number of thiol groups is 1. The Kier molecular flexibility index (Phi) is 5.14. The molecule has 0 spiro atoms. The summed E-state index contributed by atoms with van der Waals surface area (Å²) in [6.07, 6.45) is 5.32. The summed E-state index contributed by atoms with van der Waals surface area (Å²) in [6, 6.07) is 10.4. The topological polar surface area (TPSA) is 29.1 Å². The fourth-order valence-electron chi connectivity index (χ4n) is 3.05. The van der Waals surface area contributed by atoms with Gasteiger partial charge in [0.25, 0.3) is 0 Å². The van der Waals surface area contributed by atoms with E-state index >= 15 is 0 Å². The molecule has 0 radical (unpaired) electrons. The summed E-state index contributed by atoms with van der Waals surface area (Å²) in [5.41, 5.74) is 1.51. The third-order valence-electron chi connectivity index (χ3n) is 4.13. The molecule has 3 heteroatoms. The van der Waals surface area contributed by atoms with E-state index in [1.165, 1.54) is 12.8 Å². The lowest BCUT2D eigenvalue weighted by Gasteiger charge is -2.35. The van der Waals surface area contributed by atoms with Crippen molar-refractivity contribution in [2.45, 2.75) is 57.2 Å². The van der Waals surface area contributed by atoms with E-state index in [9.17, 15) is 4.79 Å².